The molecule has 102 valence electrons. The van der Waals surface area contributed by atoms with E-state index in [4.69, 9.17) is 0 Å². The summed E-state index contributed by atoms with van der Waals surface area (Å²) in [6, 6.07) is 7.50. The lowest BCUT2D eigenvalue weighted by molar-refractivity contribution is 0.101. The van der Waals surface area contributed by atoms with Crippen molar-refractivity contribution in [2.24, 2.45) is 0 Å². The molecule has 0 saturated carbocycles. The highest BCUT2D eigenvalue weighted by molar-refractivity contribution is 7.16. The zero-order chi connectivity index (χ0) is 14.1. The van der Waals surface area contributed by atoms with Crippen LogP contribution in [0.3, 0.4) is 0 Å². The maximum absolute atomic E-state index is 12.3. The molecule has 1 N–H and O–H groups in total. The number of aryl methyl sites for hydroxylation is 2. The summed E-state index contributed by atoms with van der Waals surface area (Å²) in [6.45, 7) is 4.52. The number of amides is 1. The van der Waals surface area contributed by atoms with Crippen LogP contribution >= 0.6 is 11.3 Å². The van der Waals surface area contributed by atoms with Crippen molar-refractivity contribution in [3.63, 3.8) is 0 Å². The first-order valence-electron chi connectivity index (χ1n) is 6.36. The van der Waals surface area contributed by atoms with Gasteiger partial charge in [-0.15, -0.1) is 11.3 Å². The summed E-state index contributed by atoms with van der Waals surface area (Å²) in [5.41, 5.74) is 4.94. The maximum Gasteiger partial charge on any atom is 0.273 e. The number of benzene rings is 1. The molecule has 6 heteroatoms. The molecule has 3 rings (SSSR count). The van der Waals surface area contributed by atoms with E-state index in [0.29, 0.717) is 12.2 Å². The van der Waals surface area contributed by atoms with Gasteiger partial charge < -0.3 is 5.32 Å². The molecule has 5 nitrogen and oxygen atoms in total. The van der Waals surface area contributed by atoms with Crippen LogP contribution in [0.2, 0.25) is 0 Å². The van der Waals surface area contributed by atoms with Gasteiger partial charge >= 0.3 is 0 Å². The van der Waals surface area contributed by atoms with Gasteiger partial charge in [-0.25, -0.2) is 4.98 Å². The average Bonchev–Trinajstić information content (AvgIpc) is 3.03. The van der Waals surface area contributed by atoms with Gasteiger partial charge in [-0.05, 0) is 38.1 Å². The molecule has 0 bridgehead atoms. The van der Waals surface area contributed by atoms with Crippen molar-refractivity contribution in [2.75, 3.05) is 5.32 Å². The first-order valence-corrected chi connectivity index (χ1v) is 7.24. The third-order valence-electron chi connectivity index (χ3n) is 3.02. The topological polar surface area (TPSA) is 59.8 Å². The largest absolute Gasteiger partial charge is 0.321 e. The fraction of sp³-hybridized carbons (Fsp3) is 0.214. The highest BCUT2D eigenvalue weighted by Gasteiger charge is 2.13. The minimum absolute atomic E-state index is 0.142. The number of thiazole rings is 1. The van der Waals surface area contributed by atoms with Crippen LogP contribution in [0.15, 0.2) is 29.8 Å². The monoisotopic (exact) mass is 286 g/mol. The van der Waals surface area contributed by atoms with E-state index in [1.54, 1.807) is 27.6 Å². The summed E-state index contributed by atoms with van der Waals surface area (Å²) in [4.78, 5) is 16.5. The van der Waals surface area contributed by atoms with Crippen LogP contribution in [0.5, 0.6) is 0 Å². The van der Waals surface area contributed by atoms with Gasteiger partial charge in [0.1, 0.15) is 5.69 Å². The van der Waals surface area contributed by atoms with Crippen LogP contribution in [0.4, 0.5) is 5.69 Å². The lowest BCUT2D eigenvalue weighted by atomic mass is 10.3. The molecule has 1 aromatic carbocycles. The number of nitrogens with one attached hydrogen (secondary N) is 1. The van der Waals surface area contributed by atoms with E-state index in [2.05, 4.69) is 15.4 Å². The Morgan fingerprint density at radius 2 is 2.25 bits per heavy atom. The SMILES string of the molecule is CCn1nc(C)cc1C(=O)Nc1ccc2ncsc2c1. The van der Waals surface area contributed by atoms with E-state index in [0.717, 1.165) is 21.6 Å². The zero-order valence-electron chi connectivity index (χ0n) is 11.3. The van der Waals surface area contributed by atoms with Crippen LogP contribution in [0.25, 0.3) is 10.2 Å². The van der Waals surface area contributed by atoms with Crippen molar-refractivity contribution >= 4 is 33.1 Å². The van der Waals surface area contributed by atoms with Crippen LogP contribution in [0, 0.1) is 6.92 Å². The summed E-state index contributed by atoms with van der Waals surface area (Å²) in [7, 11) is 0. The van der Waals surface area contributed by atoms with Gasteiger partial charge in [-0.1, -0.05) is 0 Å². The molecular formula is C14H14N4OS. The first-order chi connectivity index (χ1) is 9.67. The molecule has 3 aromatic rings. The van der Waals surface area contributed by atoms with E-state index in [1.165, 1.54) is 0 Å². The molecular weight excluding hydrogens is 272 g/mol. The van der Waals surface area contributed by atoms with Gasteiger partial charge in [0, 0.05) is 12.2 Å². The molecule has 2 aromatic heterocycles. The number of nitrogens with zero attached hydrogens (tertiary/aromatic N) is 3. The van der Waals surface area contributed by atoms with E-state index in [-0.39, 0.29) is 5.91 Å². The summed E-state index contributed by atoms with van der Waals surface area (Å²) < 4.78 is 2.76. The highest BCUT2D eigenvalue weighted by atomic mass is 32.1. The van der Waals surface area contributed by atoms with Gasteiger partial charge in [0.2, 0.25) is 0 Å². The van der Waals surface area contributed by atoms with E-state index in [9.17, 15) is 4.79 Å². The molecule has 0 radical (unpaired) electrons. The van der Waals surface area contributed by atoms with Crippen LogP contribution < -0.4 is 5.32 Å². The number of carbonyl (C=O) groups excluding carboxylic acids is 1. The van der Waals surface area contributed by atoms with Gasteiger partial charge in [-0.2, -0.15) is 5.10 Å². The van der Waals surface area contributed by atoms with Crippen molar-refractivity contribution in [3.05, 3.63) is 41.2 Å². The number of anilines is 1. The zero-order valence-corrected chi connectivity index (χ0v) is 12.1. The second-order valence-electron chi connectivity index (χ2n) is 4.48. The van der Waals surface area contributed by atoms with Crippen molar-refractivity contribution in [2.45, 2.75) is 20.4 Å². The summed E-state index contributed by atoms with van der Waals surface area (Å²) in [6.07, 6.45) is 0. The smallest absolute Gasteiger partial charge is 0.273 e. The van der Waals surface area contributed by atoms with Crippen molar-refractivity contribution in [1.82, 2.24) is 14.8 Å². The third-order valence-corrected chi connectivity index (χ3v) is 3.82. The lowest BCUT2D eigenvalue weighted by Gasteiger charge is -2.06. The molecule has 0 fully saturated rings. The second kappa shape index (κ2) is 5.05. The van der Waals surface area contributed by atoms with Crippen molar-refractivity contribution in [1.29, 1.82) is 0 Å². The lowest BCUT2D eigenvalue weighted by Crippen LogP contribution is -2.17. The molecule has 20 heavy (non-hydrogen) atoms. The van der Waals surface area contributed by atoms with Gasteiger partial charge in [0.25, 0.3) is 5.91 Å². The number of fused-ring (bicyclic) bond motifs is 1. The van der Waals surface area contributed by atoms with Crippen LogP contribution in [-0.4, -0.2) is 20.7 Å². The Morgan fingerprint density at radius 3 is 3.05 bits per heavy atom. The fourth-order valence-electron chi connectivity index (χ4n) is 2.10. The Bertz CT molecular complexity index is 774. The predicted molar refractivity (Wildman–Crippen MR) is 80.2 cm³/mol. The average molecular weight is 286 g/mol. The van der Waals surface area contributed by atoms with E-state index in [1.807, 2.05) is 32.0 Å². The van der Waals surface area contributed by atoms with Gasteiger partial charge in [-0.3, -0.25) is 9.48 Å². The summed E-state index contributed by atoms with van der Waals surface area (Å²) in [5, 5.41) is 7.19. The third kappa shape index (κ3) is 2.30. The minimum atomic E-state index is -0.142. The molecule has 2 heterocycles. The fourth-order valence-corrected chi connectivity index (χ4v) is 2.81. The number of carbonyl (C=O) groups is 1. The minimum Gasteiger partial charge on any atom is -0.321 e. The number of hydrogen-bond acceptors (Lipinski definition) is 4. The quantitative estimate of drug-likeness (QED) is 0.805. The van der Waals surface area contributed by atoms with Crippen LogP contribution in [0.1, 0.15) is 23.1 Å². The van der Waals surface area contributed by atoms with Crippen molar-refractivity contribution < 1.29 is 4.79 Å². The predicted octanol–water partition coefficient (Wildman–Crippen LogP) is 3.07. The summed E-state index contributed by atoms with van der Waals surface area (Å²) >= 11 is 1.56. The van der Waals surface area contributed by atoms with Gasteiger partial charge in [0.15, 0.2) is 0 Å². The Hall–Kier alpha value is -2.21. The highest BCUT2D eigenvalue weighted by Crippen LogP contribution is 2.22. The standard InChI is InChI=1S/C14H14N4OS/c1-3-18-12(6-9(2)17-18)14(19)16-10-4-5-11-13(7-10)20-8-15-11/h4-8H,3H2,1-2H3,(H,16,19). The summed E-state index contributed by atoms with van der Waals surface area (Å²) in [5.74, 6) is -0.142. The Morgan fingerprint density at radius 1 is 1.40 bits per heavy atom. The molecule has 0 saturated heterocycles. The number of aromatic nitrogens is 3. The Balaban J connectivity index is 1.87. The molecule has 1 amide bonds. The van der Waals surface area contributed by atoms with Gasteiger partial charge in [0.05, 0.1) is 21.4 Å². The molecule has 0 aliphatic rings. The molecule has 0 spiro atoms. The molecule has 0 aliphatic heterocycles. The van der Waals surface area contributed by atoms with E-state index >= 15 is 0 Å². The van der Waals surface area contributed by atoms with Crippen molar-refractivity contribution in [3.8, 4) is 0 Å². The van der Waals surface area contributed by atoms with E-state index < -0.39 is 0 Å². The normalized spacial score (nSPS) is 10.9. The maximum atomic E-state index is 12.3. The van der Waals surface area contributed by atoms with Crippen LogP contribution in [-0.2, 0) is 6.54 Å². The number of hydrogen-bond donors (Lipinski definition) is 1. The Labute approximate surface area is 120 Å². The molecule has 0 unspecified atom stereocenters. The molecule has 0 aliphatic carbocycles. The first kappa shape index (κ1) is 12.8. The number of rotatable bonds is 3. The Kier molecular flexibility index (Phi) is 3.23. The second-order valence-corrected chi connectivity index (χ2v) is 5.36. The molecule has 0 atom stereocenters.